The first kappa shape index (κ1) is 26.1. The number of carbonyl (C=O) groups is 1. The van der Waals surface area contributed by atoms with Gasteiger partial charge in [0.2, 0.25) is 0 Å². The highest BCUT2D eigenvalue weighted by atomic mass is 19.4. The summed E-state index contributed by atoms with van der Waals surface area (Å²) in [6, 6.07) is 16.4. The number of nitrogens with zero attached hydrogens (tertiary/aromatic N) is 2. The molecule has 2 aromatic heterocycles. The van der Waals surface area contributed by atoms with Gasteiger partial charge in [0.25, 0.3) is 5.91 Å². The number of aliphatic hydroxyl groups excluding tert-OH is 1. The van der Waals surface area contributed by atoms with Crippen molar-refractivity contribution in [1.29, 1.82) is 0 Å². The van der Waals surface area contributed by atoms with Crippen LogP contribution in [0.2, 0.25) is 0 Å². The van der Waals surface area contributed by atoms with Crippen molar-refractivity contribution in [2.45, 2.75) is 19.7 Å². The van der Waals surface area contributed by atoms with E-state index in [1.165, 1.54) is 28.8 Å². The van der Waals surface area contributed by atoms with Crippen LogP contribution in [-0.2, 0) is 12.8 Å². The molecule has 0 unspecified atom stereocenters. The number of alkyl halides is 3. The summed E-state index contributed by atoms with van der Waals surface area (Å²) < 4.78 is 71.7. The van der Waals surface area contributed by atoms with Crippen LogP contribution in [0.15, 0.2) is 79.0 Å². The Morgan fingerprint density at radius 3 is 2.38 bits per heavy atom. The Kier molecular flexibility index (Phi) is 6.65. The van der Waals surface area contributed by atoms with Gasteiger partial charge in [0.1, 0.15) is 5.65 Å². The molecule has 0 saturated heterocycles. The van der Waals surface area contributed by atoms with E-state index in [-0.39, 0.29) is 28.2 Å². The van der Waals surface area contributed by atoms with Crippen LogP contribution in [0.5, 0.6) is 0 Å². The van der Waals surface area contributed by atoms with E-state index >= 15 is 0 Å². The Morgan fingerprint density at radius 1 is 0.974 bits per heavy atom. The third kappa shape index (κ3) is 4.86. The Labute approximate surface area is 219 Å². The summed E-state index contributed by atoms with van der Waals surface area (Å²) in [5, 5.41) is 12.4. The van der Waals surface area contributed by atoms with Crippen LogP contribution in [0, 0.1) is 18.6 Å². The number of halogens is 5. The maximum absolute atomic E-state index is 14.7. The number of imidazole rings is 1. The molecule has 1 amide bonds. The standard InChI is InChI=1S/C29H20F5N3O2/c1-16-7-10-18(11-8-16)35-28(39)21-14-17(9-12-22(21)29(32,33)34)19-5-3-13-37-26(24(15-38)36-27(19)37)20-4-2-6-23(30)25(20)31/h2-14,38H,15H2,1H3,(H,35,39). The van der Waals surface area contributed by atoms with E-state index in [4.69, 9.17) is 0 Å². The number of fused-ring (bicyclic) bond motifs is 1. The number of aryl methyl sites for hydroxylation is 1. The van der Waals surface area contributed by atoms with Crippen LogP contribution >= 0.6 is 0 Å². The molecular weight excluding hydrogens is 517 g/mol. The van der Waals surface area contributed by atoms with Crippen molar-refractivity contribution in [1.82, 2.24) is 9.38 Å². The van der Waals surface area contributed by atoms with Crippen LogP contribution in [0.4, 0.5) is 27.6 Å². The summed E-state index contributed by atoms with van der Waals surface area (Å²) in [5.41, 5.74) is 0.215. The minimum atomic E-state index is -4.80. The minimum Gasteiger partial charge on any atom is -0.390 e. The normalized spacial score (nSPS) is 11.7. The van der Waals surface area contributed by atoms with Gasteiger partial charge in [-0.05, 0) is 61.0 Å². The largest absolute Gasteiger partial charge is 0.417 e. The summed E-state index contributed by atoms with van der Waals surface area (Å²) in [5.74, 6) is -3.18. The monoisotopic (exact) mass is 537 g/mol. The molecule has 0 aliphatic heterocycles. The van der Waals surface area contributed by atoms with Gasteiger partial charge in [-0.1, -0.05) is 29.8 Å². The van der Waals surface area contributed by atoms with Crippen molar-refractivity contribution >= 4 is 17.2 Å². The number of carbonyl (C=O) groups excluding carboxylic acids is 1. The van der Waals surface area contributed by atoms with Gasteiger partial charge in [0.15, 0.2) is 11.6 Å². The molecule has 0 radical (unpaired) electrons. The quantitative estimate of drug-likeness (QED) is 0.237. The second kappa shape index (κ2) is 9.95. The van der Waals surface area contributed by atoms with Crippen LogP contribution in [0.3, 0.4) is 0 Å². The lowest BCUT2D eigenvalue weighted by atomic mass is 9.98. The molecule has 5 rings (SSSR count). The minimum absolute atomic E-state index is 0.0381. The molecule has 0 aliphatic rings. The zero-order chi connectivity index (χ0) is 27.9. The third-order valence-corrected chi connectivity index (χ3v) is 6.27. The Hall–Kier alpha value is -4.57. The third-order valence-electron chi connectivity index (χ3n) is 6.27. The molecule has 0 spiro atoms. The summed E-state index contributed by atoms with van der Waals surface area (Å²) in [6.45, 7) is 1.23. The number of amides is 1. The zero-order valence-corrected chi connectivity index (χ0v) is 20.4. The predicted molar refractivity (Wildman–Crippen MR) is 136 cm³/mol. The molecule has 0 atom stereocenters. The number of aromatic nitrogens is 2. The molecule has 10 heteroatoms. The number of hydrogen-bond donors (Lipinski definition) is 2. The van der Waals surface area contributed by atoms with Crippen LogP contribution in [0.25, 0.3) is 28.0 Å². The fraction of sp³-hybridized carbons (Fsp3) is 0.103. The molecule has 0 aliphatic carbocycles. The predicted octanol–water partition coefficient (Wildman–Crippen LogP) is 7.02. The number of pyridine rings is 1. The van der Waals surface area contributed by atoms with Crippen LogP contribution < -0.4 is 5.32 Å². The number of nitrogens with one attached hydrogen (secondary N) is 1. The molecule has 3 aromatic carbocycles. The number of aliphatic hydroxyl groups is 1. The lowest BCUT2D eigenvalue weighted by Gasteiger charge is -2.15. The molecule has 0 bridgehead atoms. The van der Waals surface area contributed by atoms with E-state index in [0.29, 0.717) is 11.3 Å². The molecule has 0 fully saturated rings. The van der Waals surface area contributed by atoms with Crippen LogP contribution in [-0.4, -0.2) is 20.4 Å². The van der Waals surface area contributed by atoms with Crippen LogP contribution in [0.1, 0.15) is 27.2 Å². The topological polar surface area (TPSA) is 66.6 Å². The summed E-state index contributed by atoms with van der Waals surface area (Å²) in [6.07, 6.45) is -3.29. The molecule has 5 aromatic rings. The van der Waals surface area contributed by atoms with Crippen molar-refractivity contribution in [2.24, 2.45) is 0 Å². The number of hydrogen-bond acceptors (Lipinski definition) is 3. The van der Waals surface area contributed by atoms with Crippen molar-refractivity contribution < 1.29 is 31.9 Å². The lowest BCUT2D eigenvalue weighted by molar-refractivity contribution is -0.137. The zero-order valence-electron chi connectivity index (χ0n) is 20.4. The molecule has 0 saturated carbocycles. The maximum atomic E-state index is 14.7. The van der Waals surface area contributed by atoms with Gasteiger partial charge in [0.05, 0.1) is 29.1 Å². The molecular formula is C29H20F5N3O2. The average molecular weight is 537 g/mol. The molecule has 2 N–H and O–H groups in total. The number of rotatable bonds is 5. The average Bonchev–Trinajstić information content (AvgIpc) is 3.29. The SMILES string of the molecule is Cc1ccc(NC(=O)c2cc(-c3cccn4c(-c5cccc(F)c5F)c(CO)nc34)ccc2C(F)(F)F)cc1. The first-order valence-corrected chi connectivity index (χ1v) is 11.7. The number of anilines is 1. The summed E-state index contributed by atoms with van der Waals surface area (Å²) in [7, 11) is 0. The van der Waals surface area contributed by atoms with Gasteiger partial charge >= 0.3 is 6.18 Å². The van der Waals surface area contributed by atoms with Crippen molar-refractivity contribution in [3.05, 3.63) is 113 Å². The van der Waals surface area contributed by atoms with Gasteiger partial charge in [-0.25, -0.2) is 13.8 Å². The van der Waals surface area contributed by atoms with Gasteiger partial charge in [-0.3, -0.25) is 9.20 Å². The first-order chi connectivity index (χ1) is 18.6. The van der Waals surface area contributed by atoms with Gasteiger partial charge in [-0.15, -0.1) is 0 Å². The summed E-state index contributed by atoms with van der Waals surface area (Å²) in [4.78, 5) is 17.4. The van der Waals surface area contributed by atoms with E-state index in [9.17, 15) is 31.9 Å². The summed E-state index contributed by atoms with van der Waals surface area (Å²) >= 11 is 0. The van der Waals surface area contributed by atoms with E-state index in [0.717, 1.165) is 23.8 Å². The first-order valence-electron chi connectivity index (χ1n) is 11.7. The second-order valence-corrected chi connectivity index (χ2v) is 8.86. The second-order valence-electron chi connectivity index (χ2n) is 8.86. The smallest absolute Gasteiger partial charge is 0.390 e. The van der Waals surface area contributed by atoms with E-state index in [2.05, 4.69) is 10.3 Å². The van der Waals surface area contributed by atoms with E-state index < -0.39 is 41.5 Å². The van der Waals surface area contributed by atoms with Crippen molar-refractivity contribution in [3.63, 3.8) is 0 Å². The fourth-order valence-corrected chi connectivity index (χ4v) is 4.40. The molecule has 5 nitrogen and oxygen atoms in total. The van der Waals surface area contributed by atoms with E-state index in [1.54, 1.807) is 36.4 Å². The van der Waals surface area contributed by atoms with Gasteiger partial charge in [0, 0.05) is 23.0 Å². The Bertz CT molecular complexity index is 1710. The molecule has 2 heterocycles. The van der Waals surface area contributed by atoms with Gasteiger partial charge < -0.3 is 10.4 Å². The van der Waals surface area contributed by atoms with E-state index in [1.807, 2.05) is 6.92 Å². The molecule has 39 heavy (non-hydrogen) atoms. The number of benzene rings is 3. The highest BCUT2D eigenvalue weighted by Crippen LogP contribution is 2.37. The molecule has 198 valence electrons. The van der Waals surface area contributed by atoms with Crippen molar-refractivity contribution in [3.8, 4) is 22.4 Å². The highest BCUT2D eigenvalue weighted by Gasteiger charge is 2.35. The van der Waals surface area contributed by atoms with Crippen molar-refractivity contribution in [2.75, 3.05) is 5.32 Å². The fourth-order valence-electron chi connectivity index (χ4n) is 4.40. The maximum Gasteiger partial charge on any atom is 0.417 e. The Balaban J connectivity index is 1.67. The highest BCUT2D eigenvalue weighted by molar-refractivity contribution is 6.06. The van der Waals surface area contributed by atoms with Gasteiger partial charge in [-0.2, -0.15) is 13.2 Å². The lowest BCUT2D eigenvalue weighted by Crippen LogP contribution is -2.19. The Morgan fingerprint density at radius 2 is 1.69 bits per heavy atom.